The molecule has 0 N–H and O–H groups in total. The molecule has 0 radical (unpaired) electrons. The highest BCUT2D eigenvalue weighted by molar-refractivity contribution is 8.00. The molecule has 0 saturated carbocycles. The van der Waals surface area contributed by atoms with E-state index in [1.807, 2.05) is 17.5 Å². The van der Waals surface area contributed by atoms with Gasteiger partial charge in [-0.1, -0.05) is 30.0 Å². The van der Waals surface area contributed by atoms with E-state index in [2.05, 4.69) is 9.97 Å². The Morgan fingerprint density at radius 3 is 3.08 bits per heavy atom. The molecule has 4 nitrogen and oxygen atoms in total. The van der Waals surface area contributed by atoms with Crippen LogP contribution in [0.4, 0.5) is 4.39 Å². The van der Waals surface area contributed by atoms with Gasteiger partial charge in [0.2, 0.25) is 5.91 Å². The van der Waals surface area contributed by atoms with Crippen molar-refractivity contribution in [3.63, 3.8) is 0 Å². The summed E-state index contributed by atoms with van der Waals surface area (Å²) < 4.78 is 14.1. The van der Waals surface area contributed by atoms with Crippen molar-refractivity contribution in [1.29, 1.82) is 0 Å². The number of hydrogen-bond donors (Lipinski definition) is 0. The number of hydrogen-bond acceptors (Lipinski definition) is 6. The van der Waals surface area contributed by atoms with E-state index in [4.69, 9.17) is 0 Å². The van der Waals surface area contributed by atoms with Crippen LogP contribution in [0.2, 0.25) is 0 Å². The molecule has 3 heterocycles. The van der Waals surface area contributed by atoms with E-state index in [1.54, 1.807) is 40.1 Å². The van der Waals surface area contributed by atoms with Crippen molar-refractivity contribution < 1.29 is 9.18 Å². The molecule has 25 heavy (non-hydrogen) atoms. The van der Waals surface area contributed by atoms with Gasteiger partial charge in [0.15, 0.2) is 0 Å². The third-order valence-electron chi connectivity index (χ3n) is 3.94. The number of rotatable bonds is 4. The van der Waals surface area contributed by atoms with Crippen LogP contribution in [-0.4, -0.2) is 38.8 Å². The smallest absolute Gasteiger partial charge is 0.234 e. The highest BCUT2D eigenvalue weighted by atomic mass is 32.2. The quantitative estimate of drug-likeness (QED) is 0.493. The number of thioether (sulfide) groups is 2. The van der Waals surface area contributed by atoms with E-state index >= 15 is 0 Å². The minimum atomic E-state index is -0.261. The monoisotopic (exact) mass is 391 g/mol. The Labute approximate surface area is 156 Å². The third-order valence-corrected chi connectivity index (χ3v) is 6.99. The van der Waals surface area contributed by atoms with Gasteiger partial charge >= 0.3 is 0 Å². The second-order valence-electron chi connectivity index (χ2n) is 5.44. The summed E-state index contributed by atoms with van der Waals surface area (Å²) in [5, 5.41) is 3.51. The summed E-state index contributed by atoms with van der Waals surface area (Å²) in [5.41, 5.74) is 0.575. The molecule has 1 aliphatic heterocycles. The largest absolute Gasteiger partial charge is 0.325 e. The Hall–Kier alpha value is -1.64. The Kier molecular flexibility index (Phi) is 4.91. The fourth-order valence-electron chi connectivity index (χ4n) is 2.75. The standard InChI is InChI=1S/C17H14FN3OS3/c18-13-4-2-1-3-11(13)17-21(6-8-24-17)14(22)9-25-16-12-5-7-23-15(12)19-10-20-16/h1-5,7,10,17H,6,8-9H2/t17-/m1/s1. The average molecular weight is 392 g/mol. The maximum Gasteiger partial charge on any atom is 0.234 e. The minimum absolute atomic E-state index is 0.00486. The number of benzene rings is 1. The maximum absolute atomic E-state index is 14.1. The van der Waals surface area contributed by atoms with Crippen LogP contribution in [0.1, 0.15) is 10.9 Å². The Balaban J connectivity index is 1.49. The van der Waals surface area contributed by atoms with E-state index in [0.29, 0.717) is 12.1 Å². The molecule has 128 valence electrons. The van der Waals surface area contributed by atoms with E-state index in [0.717, 1.165) is 21.0 Å². The van der Waals surface area contributed by atoms with Crippen LogP contribution in [0.15, 0.2) is 47.1 Å². The van der Waals surface area contributed by atoms with Gasteiger partial charge in [-0.2, -0.15) is 0 Å². The maximum atomic E-state index is 14.1. The zero-order chi connectivity index (χ0) is 17.2. The molecule has 1 atom stereocenters. The summed E-state index contributed by atoms with van der Waals surface area (Å²) in [5.74, 6) is 0.846. The number of halogens is 1. The van der Waals surface area contributed by atoms with Crippen molar-refractivity contribution >= 4 is 51.0 Å². The van der Waals surface area contributed by atoms with Crippen LogP contribution in [0.25, 0.3) is 10.2 Å². The third kappa shape index (κ3) is 3.38. The number of carbonyl (C=O) groups excluding carboxylic acids is 1. The fraction of sp³-hybridized carbons (Fsp3) is 0.235. The topological polar surface area (TPSA) is 46.1 Å². The molecule has 3 aromatic rings. The van der Waals surface area contributed by atoms with Gasteiger partial charge in [0.25, 0.3) is 0 Å². The van der Waals surface area contributed by atoms with Crippen molar-refractivity contribution in [1.82, 2.24) is 14.9 Å². The second kappa shape index (κ2) is 7.31. The van der Waals surface area contributed by atoms with Crippen LogP contribution < -0.4 is 0 Å². The summed E-state index contributed by atoms with van der Waals surface area (Å²) >= 11 is 4.57. The first-order valence-electron chi connectivity index (χ1n) is 7.70. The van der Waals surface area contributed by atoms with Gasteiger partial charge in [-0.15, -0.1) is 23.1 Å². The van der Waals surface area contributed by atoms with Crippen LogP contribution in [-0.2, 0) is 4.79 Å². The normalized spacial score (nSPS) is 17.3. The summed E-state index contributed by atoms with van der Waals surface area (Å²) in [6.45, 7) is 0.640. The molecule has 1 fully saturated rings. The van der Waals surface area contributed by atoms with Crippen LogP contribution in [0.5, 0.6) is 0 Å². The van der Waals surface area contributed by atoms with Crippen LogP contribution in [0, 0.1) is 5.82 Å². The first-order chi connectivity index (χ1) is 12.2. The van der Waals surface area contributed by atoms with Gasteiger partial charge < -0.3 is 4.90 Å². The SMILES string of the molecule is O=C(CSc1ncnc2sccc12)N1CCS[C@@H]1c1ccccc1F. The molecule has 0 unspecified atom stereocenters. The van der Waals surface area contributed by atoms with E-state index < -0.39 is 0 Å². The Morgan fingerprint density at radius 1 is 1.32 bits per heavy atom. The Bertz CT molecular complexity index is 917. The number of fused-ring (bicyclic) bond motifs is 1. The molecular weight excluding hydrogens is 377 g/mol. The number of amides is 1. The first-order valence-corrected chi connectivity index (χ1v) is 10.6. The van der Waals surface area contributed by atoms with Gasteiger partial charge in [-0.25, -0.2) is 14.4 Å². The van der Waals surface area contributed by atoms with Crippen molar-refractivity contribution in [3.8, 4) is 0 Å². The summed E-state index contributed by atoms with van der Waals surface area (Å²) in [6.07, 6.45) is 1.53. The van der Waals surface area contributed by atoms with Crippen molar-refractivity contribution in [2.75, 3.05) is 18.1 Å². The highest BCUT2D eigenvalue weighted by Gasteiger charge is 2.32. The van der Waals surface area contributed by atoms with Gasteiger partial charge in [-0.05, 0) is 17.5 Å². The lowest BCUT2D eigenvalue weighted by Crippen LogP contribution is -2.32. The van der Waals surface area contributed by atoms with Crippen LogP contribution >= 0.6 is 34.9 Å². The lowest BCUT2D eigenvalue weighted by molar-refractivity contribution is -0.128. The minimum Gasteiger partial charge on any atom is -0.325 e. The van der Waals surface area contributed by atoms with E-state index in [-0.39, 0.29) is 22.9 Å². The Morgan fingerprint density at radius 2 is 2.20 bits per heavy atom. The predicted octanol–water partition coefficient (Wildman–Crippen LogP) is 4.20. The van der Waals surface area contributed by atoms with Gasteiger partial charge in [0.05, 0.1) is 5.75 Å². The zero-order valence-corrected chi connectivity index (χ0v) is 15.5. The average Bonchev–Trinajstić information content (AvgIpc) is 3.29. The molecule has 1 amide bonds. The molecule has 8 heteroatoms. The number of nitrogens with zero attached hydrogens (tertiary/aromatic N) is 3. The molecule has 0 bridgehead atoms. The predicted molar refractivity (Wildman–Crippen MR) is 101 cm³/mol. The summed E-state index contributed by atoms with van der Waals surface area (Å²) in [4.78, 5) is 23.9. The fourth-order valence-corrected chi connectivity index (χ4v) is 5.72. The van der Waals surface area contributed by atoms with Gasteiger partial charge in [0, 0.05) is 23.2 Å². The molecular formula is C17H14FN3OS3. The number of aromatic nitrogens is 2. The number of thiophene rings is 1. The molecule has 1 aliphatic rings. The van der Waals surface area contributed by atoms with E-state index in [1.165, 1.54) is 24.2 Å². The van der Waals surface area contributed by atoms with Gasteiger partial charge in [-0.3, -0.25) is 4.79 Å². The summed E-state index contributed by atoms with van der Waals surface area (Å²) in [6, 6.07) is 8.65. The van der Waals surface area contributed by atoms with Crippen LogP contribution in [0.3, 0.4) is 0 Å². The molecule has 0 spiro atoms. The second-order valence-corrected chi connectivity index (χ2v) is 8.49. The highest BCUT2D eigenvalue weighted by Crippen LogP contribution is 2.39. The first kappa shape index (κ1) is 16.8. The van der Waals surface area contributed by atoms with Crippen molar-refractivity contribution in [3.05, 3.63) is 53.4 Å². The lowest BCUT2D eigenvalue weighted by Gasteiger charge is -2.24. The summed E-state index contributed by atoms with van der Waals surface area (Å²) in [7, 11) is 0. The molecule has 4 rings (SSSR count). The molecule has 0 aliphatic carbocycles. The lowest BCUT2D eigenvalue weighted by atomic mass is 10.2. The molecule has 1 aromatic carbocycles. The molecule has 1 saturated heterocycles. The van der Waals surface area contributed by atoms with Crippen molar-refractivity contribution in [2.24, 2.45) is 0 Å². The van der Waals surface area contributed by atoms with Crippen molar-refractivity contribution in [2.45, 2.75) is 10.4 Å². The van der Waals surface area contributed by atoms with Gasteiger partial charge in [0.1, 0.15) is 27.4 Å². The van der Waals surface area contributed by atoms with E-state index in [9.17, 15) is 9.18 Å². The number of carbonyl (C=O) groups is 1. The molecule has 2 aromatic heterocycles. The zero-order valence-electron chi connectivity index (χ0n) is 13.1.